The lowest BCUT2D eigenvalue weighted by atomic mass is 10.9. The van der Waals surface area contributed by atoms with Gasteiger partial charge in [-0.25, -0.2) is 4.57 Å². The van der Waals surface area contributed by atoms with E-state index in [1.165, 1.54) is 0 Å². The molecule has 0 bridgehead atoms. The van der Waals surface area contributed by atoms with E-state index in [9.17, 15) is 4.57 Å². The monoisotopic (exact) mass is 320 g/mol. The molecule has 4 nitrogen and oxygen atoms in total. The van der Waals surface area contributed by atoms with Crippen molar-refractivity contribution < 1.29 is 18.1 Å². The van der Waals surface area contributed by atoms with Crippen LogP contribution in [0.2, 0.25) is 0 Å². The zero-order chi connectivity index (χ0) is 10.9. The molecule has 0 atom stereocenters. The number of hydrogen-bond donors (Lipinski definition) is 0. The summed E-state index contributed by atoms with van der Waals surface area (Å²) in [4.78, 5) is 0. The van der Waals surface area contributed by atoms with Crippen LogP contribution in [0.1, 0.15) is 0 Å². The molecule has 15 heavy (non-hydrogen) atoms. The largest absolute Gasteiger partial charge is 0.474 e. The lowest BCUT2D eigenvalue weighted by molar-refractivity contribution is 0.128. The Morgan fingerprint density at radius 1 is 0.800 bits per heavy atom. The summed E-state index contributed by atoms with van der Waals surface area (Å²) in [7, 11) is -3.52. The van der Waals surface area contributed by atoms with E-state index in [4.69, 9.17) is 48.4 Å². The van der Waals surface area contributed by atoms with Gasteiger partial charge in [-0.1, -0.05) is 0 Å². The lowest BCUT2D eigenvalue weighted by Gasteiger charge is -2.16. The van der Waals surface area contributed by atoms with Crippen molar-refractivity contribution in [3.8, 4) is 0 Å². The van der Waals surface area contributed by atoms with Crippen molar-refractivity contribution in [1.29, 1.82) is 0 Å². The number of halogens is 4. The van der Waals surface area contributed by atoms with E-state index in [0.717, 1.165) is 0 Å². The Morgan fingerprint density at radius 3 is 1.27 bits per heavy atom. The van der Waals surface area contributed by atoms with E-state index in [0.29, 0.717) is 0 Å². The van der Waals surface area contributed by atoms with Gasteiger partial charge in [-0.2, -0.15) is 0 Å². The third-order valence-corrected chi connectivity index (χ3v) is 2.94. The number of phosphoric ester groups is 1. The van der Waals surface area contributed by atoms with Gasteiger partial charge in [-0.3, -0.25) is 13.6 Å². The molecule has 0 aromatic heterocycles. The van der Waals surface area contributed by atoms with Crippen LogP contribution in [-0.4, -0.2) is 37.5 Å². The summed E-state index contributed by atoms with van der Waals surface area (Å²) in [5.41, 5.74) is 0. The summed E-state index contributed by atoms with van der Waals surface area (Å²) >= 11 is 16.1. The predicted octanol–water partition coefficient (Wildman–Crippen LogP) is 3.28. The summed E-state index contributed by atoms with van der Waals surface area (Å²) in [6.45, 7) is 0.260. The van der Waals surface area contributed by atoms with E-state index >= 15 is 0 Å². The van der Waals surface area contributed by atoms with Gasteiger partial charge in [-0.05, 0) is 0 Å². The molecule has 94 valence electrons. The van der Waals surface area contributed by atoms with Gasteiger partial charge in [-0.15, -0.1) is 47.2 Å². The average Bonchev–Trinajstić information content (AvgIpc) is 2.21. The molecule has 0 aromatic rings. The van der Waals surface area contributed by atoms with Crippen LogP contribution in [0.15, 0.2) is 0 Å². The fourth-order valence-electron chi connectivity index (χ4n) is 0.551. The normalized spacial score (nSPS) is 11.1. The zero-order valence-corrected chi connectivity index (χ0v) is 11.8. The van der Waals surface area contributed by atoms with Gasteiger partial charge in [0.15, 0.2) is 0 Å². The Labute approximate surface area is 111 Å². The van der Waals surface area contributed by atoms with E-state index in [1.807, 2.05) is 0 Å². The topological polar surface area (TPSA) is 44.8 Å². The highest BCUT2D eigenvalue weighted by Gasteiger charge is 2.25. The Hall–Kier alpha value is 1.27. The molecule has 0 saturated heterocycles. The first-order chi connectivity index (χ1) is 6.68. The van der Waals surface area contributed by atoms with Crippen molar-refractivity contribution >= 4 is 55.0 Å². The van der Waals surface area contributed by atoms with E-state index in [1.54, 1.807) is 0 Å². The molecule has 0 amide bonds. The van der Waals surface area contributed by atoms with Gasteiger partial charge in [0.1, 0.15) is 0 Å². The SMILES string of the molecule is Cl.O=P(OCCCl)(OCCCl)OCCCl. The minimum atomic E-state index is -3.52. The van der Waals surface area contributed by atoms with Gasteiger partial charge in [0, 0.05) is 17.6 Å². The summed E-state index contributed by atoms with van der Waals surface area (Å²) < 4.78 is 26.2. The second kappa shape index (κ2) is 11.7. The second-order valence-corrected chi connectivity index (χ2v) is 4.82. The van der Waals surface area contributed by atoms with Gasteiger partial charge in [0.2, 0.25) is 0 Å². The molecular weight excluding hydrogens is 309 g/mol. The summed E-state index contributed by atoms with van der Waals surface area (Å²) in [6.07, 6.45) is 0. The minimum absolute atomic E-state index is 0. The second-order valence-electron chi connectivity index (χ2n) is 2.01. The molecule has 0 saturated carbocycles. The molecule has 0 aromatic carbocycles. The van der Waals surface area contributed by atoms with E-state index in [2.05, 4.69) is 0 Å². The van der Waals surface area contributed by atoms with Crippen molar-refractivity contribution in [2.45, 2.75) is 0 Å². The third-order valence-electron chi connectivity index (χ3n) is 0.980. The van der Waals surface area contributed by atoms with Crippen LogP contribution >= 0.6 is 55.0 Å². The van der Waals surface area contributed by atoms with Crippen molar-refractivity contribution in [3.63, 3.8) is 0 Å². The lowest BCUT2D eigenvalue weighted by Crippen LogP contribution is -2.05. The van der Waals surface area contributed by atoms with Gasteiger partial charge in [0.25, 0.3) is 0 Å². The summed E-state index contributed by atoms with van der Waals surface area (Å²) in [5, 5.41) is 0. The first kappa shape index (κ1) is 18.6. The summed E-state index contributed by atoms with van der Waals surface area (Å²) in [6, 6.07) is 0. The maximum atomic E-state index is 11.6. The summed E-state index contributed by atoms with van der Waals surface area (Å²) in [5.74, 6) is 0.620. The highest BCUT2D eigenvalue weighted by molar-refractivity contribution is 7.48. The van der Waals surface area contributed by atoms with Crippen molar-refractivity contribution in [2.75, 3.05) is 37.5 Å². The number of alkyl halides is 3. The van der Waals surface area contributed by atoms with E-state index < -0.39 is 7.82 Å². The Bertz CT molecular complexity index is 154. The van der Waals surface area contributed by atoms with Crippen molar-refractivity contribution in [3.05, 3.63) is 0 Å². The molecule has 0 heterocycles. The van der Waals surface area contributed by atoms with Gasteiger partial charge in [0.05, 0.1) is 19.8 Å². The molecule has 0 radical (unpaired) electrons. The molecule has 0 N–H and O–H groups in total. The van der Waals surface area contributed by atoms with Crippen LogP contribution in [0, 0.1) is 0 Å². The van der Waals surface area contributed by atoms with Crippen LogP contribution in [0.5, 0.6) is 0 Å². The molecule has 0 fully saturated rings. The quantitative estimate of drug-likeness (QED) is 0.483. The first-order valence-electron chi connectivity index (χ1n) is 3.90. The van der Waals surface area contributed by atoms with Gasteiger partial charge >= 0.3 is 7.82 Å². The number of phosphoric acid groups is 1. The standard InChI is InChI=1S/C6H12Cl3O4P.ClH/c7-1-4-11-14(10,12-5-2-8)13-6-3-9;/h1-6H2;1H. The van der Waals surface area contributed by atoms with Crippen LogP contribution in [-0.2, 0) is 18.1 Å². The van der Waals surface area contributed by atoms with Crippen LogP contribution in [0.4, 0.5) is 0 Å². The minimum Gasteiger partial charge on any atom is -0.286 e. The zero-order valence-electron chi connectivity index (χ0n) is 7.86. The van der Waals surface area contributed by atoms with Crippen molar-refractivity contribution in [1.82, 2.24) is 0 Å². The fraction of sp³-hybridized carbons (Fsp3) is 1.00. The maximum Gasteiger partial charge on any atom is 0.474 e. The molecule has 0 rings (SSSR count). The average molecular weight is 322 g/mol. The van der Waals surface area contributed by atoms with Gasteiger partial charge < -0.3 is 0 Å². The molecule has 0 unspecified atom stereocenters. The molecular formula is C6H13Cl4O4P. The predicted molar refractivity (Wildman–Crippen MR) is 64.9 cm³/mol. The Morgan fingerprint density at radius 2 is 1.07 bits per heavy atom. The molecule has 0 spiro atoms. The molecule has 0 aliphatic carbocycles. The van der Waals surface area contributed by atoms with Crippen LogP contribution in [0.25, 0.3) is 0 Å². The number of rotatable bonds is 9. The molecule has 9 heteroatoms. The first-order valence-corrected chi connectivity index (χ1v) is 6.96. The maximum absolute atomic E-state index is 11.6. The highest BCUT2D eigenvalue weighted by atomic mass is 35.5. The fourth-order valence-corrected chi connectivity index (χ4v) is 2.27. The Balaban J connectivity index is 0. The van der Waals surface area contributed by atoms with Crippen molar-refractivity contribution in [2.24, 2.45) is 0 Å². The van der Waals surface area contributed by atoms with Crippen LogP contribution < -0.4 is 0 Å². The third kappa shape index (κ3) is 10.2. The van der Waals surface area contributed by atoms with E-state index in [-0.39, 0.29) is 49.9 Å². The highest BCUT2D eigenvalue weighted by Crippen LogP contribution is 2.49. The smallest absolute Gasteiger partial charge is 0.286 e. The van der Waals surface area contributed by atoms with Crippen LogP contribution in [0.3, 0.4) is 0 Å². The Kier molecular flexibility index (Phi) is 14.6. The molecule has 0 aliphatic rings. The number of hydrogen-bond acceptors (Lipinski definition) is 4. The molecule has 0 aliphatic heterocycles.